The second-order valence-corrected chi connectivity index (χ2v) is 11.9. The third kappa shape index (κ3) is 7.78. The number of amides is 1. The molecule has 48 heavy (non-hydrogen) atoms. The summed E-state index contributed by atoms with van der Waals surface area (Å²) >= 11 is 4.59. The second-order valence-electron chi connectivity index (χ2n) is 11.8. The summed E-state index contributed by atoms with van der Waals surface area (Å²) in [5, 5.41) is 111. The van der Waals surface area contributed by atoms with E-state index < -0.39 is 117 Å². The molecule has 11 N–H and O–H groups in total. The molecule has 3 aliphatic rings. The molecule has 15 atom stereocenters. The van der Waals surface area contributed by atoms with Crippen molar-refractivity contribution in [3.8, 4) is 0 Å². The molecule has 1 aromatic carbocycles. The second kappa shape index (κ2) is 16.7. The first-order chi connectivity index (χ1) is 22.8. The van der Waals surface area contributed by atoms with E-state index >= 15 is 0 Å². The molecule has 3 saturated heterocycles. The van der Waals surface area contributed by atoms with Gasteiger partial charge in [-0.05, 0) is 36.3 Å². The van der Waals surface area contributed by atoms with Crippen LogP contribution in [0.3, 0.4) is 0 Å². The van der Waals surface area contributed by atoms with Crippen LogP contribution < -0.4 is 5.32 Å². The highest BCUT2D eigenvalue weighted by Gasteiger charge is 2.67. The third-order valence-electron chi connectivity index (χ3n) is 8.73. The highest BCUT2D eigenvalue weighted by atomic mass is 32.1. The van der Waals surface area contributed by atoms with Crippen molar-refractivity contribution in [2.45, 2.75) is 105 Å². The number of hydrogen-bond donors (Lipinski definition) is 11. The van der Waals surface area contributed by atoms with E-state index in [-0.39, 0.29) is 6.61 Å². The summed E-state index contributed by atoms with van der Waals surface area (Å²) in [6.07, 6.45) is -24.0. The number of aliphatic imine (C=N–C) groups is 1. The minimum atomic E-state index is -2.67. The average molecular weight is 707 g/mol. The number of ether oxygens (including phenoxy) is 5. The van der Waals surface area contributed by atoms with E-state index in [4.69, 9.17) is 23.7 Å². The maximum atomic E-state index is 12.3. The lowest BCUT2D eigenvalue weighted by Gasteiger charge is -2.58. The number of isothiocyanates is 1. The first kappa shape index (κ1) is 38.7. The van der Waals surface area contributed by atoms with Gasteiger partial charge in [-0.3, -0.25) is 4.79 Å². The predicted octanol–water partition coefficient (Wildman–Crippen LogP) is -5.04. The molecular formula is C29H42N2O16S. The Morgan fingerprint density at radius 1 is 0.854 bits per heavy atom. The zero-order valence-corrected chi connectivity index (χ0v) is 26.5. The van der Waals surface area contributed by atoms with Gasteiger partial charge in [-0.1, -0.05) is 12.1 Å². The fourth-order valence-corrected chi connectivity index (χ4v) is 6.30. The summed E-state index contributed by atoms with van der Waals surface area (Å²) in [6.45, 7) is -1.81. The smallest absolute Gasteiger partial charge is 0.217 e. The van der Waals surface area contributed by atoms with Crippen molar-refractivity contribution >= 4 is 29.0 Å². The lowest BCUT2D eigenvalue weighted by atomic mass is 9.73. The molecule has 0 bridgehead atoms. The fraction of sp³-hybridized carbons (Fsp3) is 0.724. The SMILES string of the molecule is CC(=O)N[C@H]1[C@@H](O)[C@@H](O)[C@@H](CO)O[C@H]1[C@]1(O[C@@H]2O[C@H](CO)[C@H](O)[C@H](O)[C@H]2O)[C@H](O)[C@@H](O)[C@@H](OCCc2ccc(N=C=S)cc2)O[C@@H]1CO. The number of benzene rings is 1. The van der Waals surface area contributed by atoms with Crippen molar-refractivity contribution in [2.24, 2.45) is 4.99 Å². The molecule has 1 aromatic rings. The van der Waals surface area contributed by atoms with Crippen molar-refractivity contribution in [1.82, 2.24) is 5.32 Å². The van der Waals surface area contributed by atoms with Crippen molar-refractivity contribution < 1.29 is 79.5 Å². The number of carbonyl (C=O) groups excluding carboxylic acids is 1. The molecule has 4 rings (SSSR count). The van der Waals surface area contributed by atoms with E-state index in [0.717, 1.165) is 12.5 Å². The van der Waals surface area contributed by atoms with Crippen LogP contribution in [0.15, 0.2) is 29.3 Å². The lowest BCUT2D eigenvalue weighted by molar-refractivity contribution is -0.415. The van der Waals surface area contributed by atoms with Crippen molar-refractivity contribution in [3.05, 3.63) is 29.8 Å². The Balaban J connectivity index is 1.71. The summed E-state index contributed by atoms with van der Waals surface area (Å²) in [4.78, 5) is 16.1. The zero-order valence-electron chi connectivity index (χ0n) is 25.7. The van der Waals surface area contributed by atoms with Crippen LogP contribution in [0.5, 0.6) is 0 Å². The number of carbonyl (C=O) groups is 1. The molecule has 0 unspecified atom stereocenters. The Morgan fingerprint density at radius 2 is 1.48 bits per heavy atom. The quantitative estimate of drug-likeness (QED) is 0.0716. The summed E-state index contributed by atoms with van der Waals surface area (Å²) in [5.74, 6) is -0.763. The summed E-state index contributed by atoms with van der Waals surface area (Å²) in [7, 11) is 0. The predicted molar refractivity (Wildman–Crippen MR) is 161 cm³/mol. The molecular weight excluding hydrogens is 664 g/mol. The maximum Gasteiger partial charge on any atom is 0.217 e. The molecule has 0 aromatic heterocycles. The number of nitrogens with one attached hydrogen (secondary N) is 1. The summed E-state index contributed by atoms with van der Waals surface area (Å²) in [5.41, 5.74) is -1.30. The van der Waals surface area contributed by atoms with Gasteiger partial charge in [-0.15, -0.1) is 0 Å². The number of rotatable bonds is 12. The number of aliphatic hydroxyl groups excluding tert-OH is 10. The number of nitrogens with zero attached hydrogens (tertiary/aromatic N) is 1. The highest BCUT2D eigenvalue weighted by molar-refractivity contribution is 7.78. The van der Waals surface area contributed by atoms with Crippen molar-refractivity contribution in [3.63, 3.8) is 0 Å². The zero-order chi connectivity index (χ0) is 35.3. The molecule has 0 spiro atoms. The van der Waals surface area contributed by atoms with E-state index in [1.165, 1.54) is 0 Å². The van der Waals surface area contributed by atoms with E-state index in [0.29, 0.717) is 12.1 Å². The van der Waals surface area contributed by atoms with Crippen LogP contribution in [0.1, 0.15) is 12.5 Å². The van der Waals surface area contributed by atoms with Gasteiger partial charge in [0.25, 0.3) is 0 Å². The first-order valence-corrected chi connectivity index (χ1v) is 15.5. The standard InChI is InChI=1S/C29H42N2O16S/c1-12(35)31-18-21(38)19(36)15(8-32)44-26(18)29(47-28-23(40)22(39)20(37)16(9-33)45-28)17(10-34)46-27(24(41)25(29)42)43-7-6-13-2-4-14(5-3-13)30-11-48/h2-5,15-28,32-34,36-42H,6-10H2,1H3,(H,31,35)/t15-,16-,17-,18+,19+,20+,21-,22+,23-,24-,25-,26-,27+,28+,29-/m1/s1. The van der Waals surface area contributed by atoms with Gasteiger partial charge < -0.3 is 80.1 Å². The first-order valence-electron chi connectivity index (χ1n) is 15.1. The van der Waals surface area contributed by atoms with Crippen LogP contribution >= 0.6 is 12.2 Å². The van der Waals surface area contributed by atoms with E-state index in [1.54, 1.807) is 24.3 Å². The number of aliphatic hydroxyl groups is 10. The van der Waals surface area contributed by atoms with E-state index in [2.05, 4.69) is 27.7 Å². The van der Waals surface area contributed by atoms with Gasteiger partial charge in [-0.2, -0.15) is 4.99 Å². The van der Waals surface area contributed by atoms with Crippen LogP contribution in [0.4, 0.5) is 5.69 Å². The molecule has 0 aliphatic carbocycles. The normalized spacial score (nSPS) is 41.7. The molecule has 0 saturated carbocycles. The Morgan fingerprint density at radius 3 is 2.06 bits per heavy atom. The molecule has 270 valence electrons. The number of hydrogen-bond acceptors (Lipinski definition) is 18. The molecule has 3 fully saturated rings. The molecule has 1 amide bonds. The molecule has 19 heteroatoms. The number of thiocarbonyl (C=S) groups is 1. The van der Waals surface area contributed by atoms with Gasteiger partial charge >= 0.3 is 0 Å². The molecule has 3 heterocycles. The maximum absolute atomic E-state index is 12.3. The van der Waals surface area contributed by atoms with Gasteiger partial charge in [0, 0.05) is 6.92 Å². The Hall–Kier alpha value is -2.11. The van der Waals surface area contributed by atoms with Gasteiger partial charge in [-0.25, -0.2) is 0 Å². The lowest BCUT2D eigenvalue weighted by Crippen LogP contribution is -2.81. The molecule has 18 nitrogen and oxygen atoms in total. The van der Waals surface area contributed by atoms with Gasteiger partial charge in [0.15, 0.2) is 18.2 Å². The van der Waals surface area contributed by atoms with E-state index in [1.807, 2.05) is 0 Å². The van der Waals surface area contributed by atoms with Crippen LogP contribution in [0, 0.1) is 0 Å². The van der Waals surface area contributed by atoms with Crippen LogP contribution in [-0.2, 0) is 34.9 Å². The minimum absolute atomic E-state index is 0.0745. The minimum Gasteiger partial charge on any atom is -0.394 e. The van der Waals surface area contributed by atoms with Crippen LogP contribution in [-0.4, -0.2) is 180 Å². The monoisotopic (exact) mass is 706 g/mol. The van der Waals surface area contributed by atoms with Crippen LogP contribution in [0.25, 0.3) is 0 Å². The van der Waals surface area contributed by atoms with E-state index in [9.17, 15) is 55.9 Å². The Bertz CT molecular complexity index is 1250. The third-order valence-corrected chi connectivity index (χ3v) is 8.82. The van der Waals surface area contributed by atoms with Crippen molar-refractivity contribution in [1.29, 1.82) is 0 Å². The molecule has 0 radical (unpaired) electrons. The summed E-state index contributed by atoms with van der Waals surface area (Å²) < 4.78 is 29.1. The van der Waals surface area contributed by atoms with Gasteiger partial charge in [0.1, 0.15) is 67.1 Å². The van der Waals surface area contributed by atoms with Gasteiger partial charge in [0.2, 0.25) is 5.91 Å². The Labute approximate surface area is 279 Å². The largest absolute Gasteiger partial charge is 0.394 e. The summed E-state index contributed by atoms with van der Waals surface area (Å²) in [6, 6.07) is 5.19. The van der Waals surface area contributed by atoms with Gasteiger partial charge in [0.05, 0.1) is 43.3 Å². The Kier molecular flexibility index (Phi) is 13.5. The fourth-order valence-electron chi connectivity index (χ4n) is 6.19. The molecule has 3 aliphatic heterocycles. The van der Waals surface area contributed by atoms with Crippen LogP contribution in [0.2, 0.25) is 0 Å². The average Bonchev–Trinajstić information content (AvgIpc) is 3.07. The highest BCUT2D eigenvalue weighted by Crippen LogP contribution is 2.44. The topological polar surface area (TPSA) is 290 Å². The van der Waals surface area contributed by atoms with Crippen molar-refractivity contribution in [2.75, 3.05) is 26.4 Å².